The first-order valence-electron chi connectivity index (χ1n) is 5.23. The van der Waals surface area contributed by atoms with Gasteiger partial charge in [0.25, 0.3) is 0 Å². The van der Waals surface area contributed by atoms with E-state index >= 15 is 0 Å². The molecule has 2 heterocycles. The van der Waals surface area contributed by atoms with Crippen LogP contribution in [-0.2, 0) is 4.74 Å². The van der Waals surface area contributed by atoms with Crippen LogP contribution in [0.5, 0.6) is 17.2 Å². The number of benzene rings is 1. The molecular weight excluding hydrogens is 234 g/mol. The van der Waals surface area contributed by atoms with Crippen LogP contribution in [0.2, 0.25) is 0 Å². The third kappa shape index (κ3) is 2.12. The molecule has 1 saturated heterocycles. The molecule has 3 rings (SSSR count). The van der Waals surface area contributed by atoms with Crippen molar-refractivity contribution in [3.05, 3.63) is 18.2 Å². The first-order chi connectivity index (χ1) is 8.12. The fourth-order valence-electron chi connectivity index (χ4n) is 1.61. The second-order valence-corrected chi connectivity index (χ2v) is 3.99. The first-order valence-corrected chi connectivity index (χ1v) is 5.23. The van der Waals surface area contributed by atoms with Gasteiger partial charge in [-0.2, -0.15) is 0 Å². The summed E-state index contributed by atoms with van der Waals surface area (Å²) >= 11 is 0. The first kappa shape index (κ1) is 10.6. The molecule has 0 saturated carbocycles. The molecule has 0 amide bonds. The van der Waals surface area contributed by atoms with Crippen LogP contribution < -0.4 is 14.2 Å². The third-order valence-electron chi connectivity index (χ3n) is 2.57. The molecule has 0 N–H and O–H groups in total. The van der Waals surface area contributed by atoms with Gasteiger partial charge >= 0.3 is 6.29 Å². The highest BCUT2D eigenvalue weighted by Crippen LogP contribution is 2.42. The van der Waals surface area contributed by atoms with Gasteiger partial charge in [-0.25, -0.2) is 0 Å². The molecule has 1 fully saturated rings. The zero-order chi connectivity index (χ0) is 11.9. The maximum atomic E-state index is 12.7. The number of ether oxygens (including phenoxy) is 4. The lowest BCUT2D eigenvalue weighted by molar-refractivity contribution is -0.286. The van der Waals surface area contributed by atoms with Gasteiger partial charge in [0.2, 0.25) is 0 Å². The van der Waals surface area contributed by atoms with E-state index in [1.54, 1.807) is 6.07 Å². The number of fused-ring (bicyclic) bond motifs is 1. The summed E-state index contributed by atoms with van der Waals surface area (Å²) in [6, 6.07) is 4.38. The molecule has 0 atom stereocenters. The number of halogens is 2. The normalized spacial score (nSPS) is 21.1. The van der Waals surface area contributed by atoms with Crippen molar-refractivity contribution in [1.29, 1.82) is 0 Å². The van der Waals surface area contributed by atoms with Crippen LogP contribution in [0, 0.1) is 5.92 Å². The zero-order valence-corrected chi connectivity index (χ0v) is 8.82. The Labute approximate surface area is 96.0 Å². The van der Waals surface area contributed by atoms with Crippen molar-refractivity contribution in [2.45, 2.75) is 6.29 Å². The maximum absolute atomic E-state index is 12.7. The topological polar surface area (TPSA) is 36.9 Å². The number of alkyl halides is 2. The molecule has 6 heteroatoms. The van der Waals surface area contributed by atoms with Crippen molar-refractivity contribution in [2.24, 2.45) is 5.92 Å². The fourth-order valence-corrected chi connectivity index (χ4v) is 1.61. The molecule has 0 aromatic heterocycles. The van der Waals surface area contributed by atoms with Gasteiger partial charge in [0.1, 0.15) is 5.75 Å². The molecule has 92 valence electrons. The largest absolute Gasteiger partial charge is 0.586 e. The van der Waals surface area contributed by atoms with Crippen LogP contribution in [0.4, 0.5) is 8.78 Å². The molecule has 2 aliphatic heterocycles. The predicted octanol–water partition coefficient (Wildman–Crippen LogP) is 2.03. The predicted molar refractivity (Wildman–Crippen MR) is 52.4 cm³/mol. The highest BCUT2D eigenvalue weighted by atomic mass is 19.3. The van der Waals surface area contributed by atoms with Crippen LogP contribution in [0.15, 0.2) is 18.2 Å². The van der Waals surface area contributed by atoms with E-state index in [1.807, 2.05) is 0 Å². The van der Waals surface area contributed by atoms with E-state index in [-0.39, 0.29) is 11.5 Å². The summed E-state index contributed by atoms with van der Waals surface area (Å²) in [4.78, 5) is 0. The minimum absolute atomic E-state index is 0.00244. The van der Waals surface area contributed by atoms with E-state index in [0.717, 1.165) is 0 Å². The maximum Gasteiger partial charge on any atom is 0.586 e. The average Bonchev–Trinajstić information content (AvgIpc) is 2.48. The van der Waals surface area contributed by atoms with Crippen molar-refractivity contribution in [3.8, 4) is 17.2 Å². The molecule has 0 aliphatic carbocycles. The Hall–Kier alpha value is -1.56. The lowest BCUT2D eigenvalue weighted by Crippen LogP contribution is -2.32. The van der Waals surface area contributed by atoms with Gasteiger partial charge in [-0.15, -0.1) is 8.78 Å². The Balaban J connectivity index is 1.67. The Bertz CT molecular complexity index is 431. The van der Waals surface area contributed by atoms with Gasteiger partial charge in [-0.3, -0.25) is 0 Å². The zero-order valence-electron chi connectivity index (χ0n) is 8.82. The smallest absolute Gasteiger partial charge is 0.493 e. The summed E-state index contributed by atoms with van der Waals surface area (Å²) in [5.41, 5.74) is 0. The number of rotatable bonds is 3. The summed E-state index contributed by atoms with van der Waals surface area (Å²) in [5, 5.41) is 0. The molecule has 0 spiro atoms. The molecule has 0 radical (unpaired) electrons. The Morgan fingerprint density at radius 2 is 2.00 bits per heavy atom. The minimum Gasteiger partial charge on any atom is -0.493 e. The van der Waals surface area contributed by atoms with Crippen LogP contribution in [0.1, 0.15) is 0 Å². The SMILES string of the molecule is FC1(F)Oc2ccc(OCC3COC3)cc2O1. The van der Waals surface area contributed by atoms with Crippen molar-refractivity contribution >= 4 is 0 Å². The Kier molecular flexibility index (Phi) is 2.32. The third-order valence-corrected chi connectivity index (χ3v) is 2.57. The molecule has 2 aliphatic rings. The Morgan fingerprint density at radius 1 is 1.24 bits per heavy atom. The second kappa shape index (κ2) is 3.73. The molecule has 0 unspecified atom stereocenters. The van der Waals surface area contributed by atoms with Crippen molar-refractivity contribution < 1.29 is 27.7 Å². The van der Waals surface area contributed by atoms with Gasteiger partial charge in [0.05, 0.1) is 19.8 Å². The van der Waals surface area contributed by atoms with E-state index < -0.39 is 6.29 Å². The summed E-state index contributed by atoms with van der Waals surface area (Å²) in [7, 11) is 0. The molecular formula is C11H10F2O4. The van der Waals surface area contributed by atoms with Crippen LogP contribution >= 0.6 is 0 Å². The van der Waals surface area contributed by atoms with Crippen molar-refractivity contribution in [2.75, 3.05) is 19.8 Å². The second-order valence-electron chi connectivity index (χ2n) is 3.99. The van der Waals surface area contributed by atoms with E-state index in [2.05, 4.69) is 9.47 Å². The van der Waals surface area contributed by atoms with Gasteiger partial charge in [-0.1, -0.05) is 0 Å². The van der Waals surface area contributed by atoms with E-state index in [4.69, 9.17) is 9.47 Å². The molecule has 0 bridgehead atoms. The number of hydrogen-bond donors (Lipinski definition) is 0. The quantitative estimate of drug-likeness (QED) is 0.815. The van der Waals surface area contributed by atoms with Gasteiger partial charge in [-0.05, 0) is 12.1 Å². The Morgan fingerprint density at radius 3 is 2.71 bits per heavy atom. The van der Waals surface area contributed by atoms with Crippen molar-refractivity contribution in [3.63, 3.8) is 0 Å². The highest BCUT2D eigenvalue weighted by molar-refractivity contribution is 5.47. The monoisotopic (exact) mass is 244 g/mol. The van der Waals surface area contributed by atoms with Crippen LogP contribution in [0.25, 0.3) is 0 Å². The van der Waals surface area contributed by atoms with Crippen LogP contribution in [0.3, 0.4) is 0 Å². The van der Waals surface area contributed by atoms with Gasteiger partial charge in [0, 0.05) is 12.0 Å². The molecule has 17 heavy (non-hydrogen) atoms. The van der Waals surface area contributed by atoms with Crippen LogP contribution in [-0.4, -0.2) is 26.1 Å². The molecule has 1 aromatic rings. The summed E-state index contributed by atoms with van der Waals surface area (Å²) in [6.07, 6.45) is -3.58. The summed E-state index contributed by atoms with van der Waals surface area (Å²) in [5.74, 6) is 0.880. The van der Waals surface area contributed by atoms with Gasteiger partial charge in [0.15, 0.2) is 11.5 Å². The average molecular weight is 244 g/mol. The van der Waals surface area contributed by atoms with Crippen molar-refractivity contribution in [1.82, 2.24) is 0 Å². The minimum atomic E-state index is -3.58. The summed E-state index contributed by atoms with van der Waals surface area (Å²) < 4.78 is 44.5. The van der Waals surface area contributed by atoms with Gasteiger partial charge < -0.3 is 18.9 Å². The standard InChI is InChI=1S/C11H10F2O4/c12-11(13)16-9-2-1-8(3-10(9)17-11)15-6-7-4-14-5-7/h1-3,7H,4-6H2. The highest BCUT2D eigenvalue weighted by Gasteiger charge is 2.43. The summed E-state index contributed by atoms with van der Waals surface area (Å²) in [6.45, 7) is 1.88. The lowest BCUT2D eigenvalue weighted by atomic mass is 10.1. The molecule has 4 nitrogen and oxygen atoms in total. The number of hydrogen-bond acceptors (Lipinski definition) is 4. The van der Waals surface area contributed by atoms with E-state index in [9.17, 15) is 8.78 Å². The van der Waals surface area contributed by atoms with E-state index in [1.165, 1.54) is 12.1 Å². The van der Waals surface area contributed by atoms with E-state index in [0.29, 0.717) is 31.5 Å². The lowest BCUT2D eigenvalue weighted by Gasteiger charge is -2.25. The fraction of sp³-hybridized carbons (Fsp3) is 0.455. The molecule has 1 aromatic carbocycles.